The number of ketones is 1. The average molecular weight is 511 g/mol. The van der Waals surface area contributed by atoms with E-state index >= 15 is 0 Å². The second kappa shape index (κ2) is 13.2. The summed E-state index contributed by atoms with van der Waals surface area (Å²) < 4.78 is 19.3. The van der Waals surface area contributed by atoms with E-state index in [-0.39, 0.29) is 54.4 Å². The lowest BCUT2D eigenvalue weighted by molar-refractivity contribution is -0.132. The van der Waals surface area contributed by atoms with Gasteiger partial charge in [0, 0.05) is 25.4 Å². The molecule has 0 saturated carbocycles. The molecule has 0 unspecified atom stereocenters. The number of halogens is 2. The topological polar surface area (TPSA) is 120 Å². The molecule has 11 heteroatoms. The Morgan fingerprint density at radius 3 is 2.69 bits per heavy atom. The van der Waals surface area contributed by atoms with Crippen LogP contribution in [-0.4, -0.2) is 54.0 Å². The van der Waals surface area contributed by atoms with Crippen molar-refractivity contribution in [2.45, 2.75) is 46.2 Å². The number of hydrogen-bond acceptors (Lipinski definition) is 7. The summed E-state index contributed by atoms with van der Waals surface area (Å²) in [4.78, 5) is 40.8. The fourth-order valence-electron chi connectivity index (χ4n) is 3.40. The number of nitrogens with one attached hydrogen (secondary N) is 3. The first-order valence-corrected chi connectivity index (χ1v) is 11.6. The number of hydrogen-bond donors (Lipinski definition) is 4. The minimum atomic E-state index is -1.03. The van der Waals surface area contributed by atoms with Crippen molar-refractivity contribution in [3.8, 4) is 0 Å². The largest absolute Gasteiger partial charge is 0.504 e. The molecule has 1 aromatic rings. The Kier molecular flexibility index (Phi) is 10.7. The Labute approximate surface area is 209 Å². The first-order chi connectivity index (χ1) is 16.6. The zero-order valence-corrected chi connectivity index (χ0v) is 21.0. The number of carbonyl (C=O) groups excluding carboxylic acids is 3. The van der Waals surface area contributed by atoms with Gasteiger partial charge in [-0.05, 0) is 31.7 Å². The second-order valence-corrected chi connectivity index (χ2v) is 9.01. The number of Topliss-reactive ketones (excluding diaryl/α,β-unsaturated/α-hetero) is 1. The Balaban J connectivity index is 2.37. The molecule has 2 rings (SSSR count). The van der Waals surface area contributed by atoms with Crippen LogP contribution in [0.25, 0.3) is 0 Å². The predicted molar refractivity (Wildman–Crippen MR) is 129 cm³/mol. The highest BCUT2D eigenvalue weighted by molar-refractivity contribution is 6.30. The lowest BCUT2D eigenvalue weighted by Gasteiger charge is -2.31. The molecule has 0 aromatic heterocycles. The van der Waals surface area contributed by atoms with Crippen LogP contribution in [-0.2, 0) is 25.7 Å². The number of methoxy groups -OCH3 is 1. The van der Waals surface area contributed by atoms with Gasteiger partial charge in [-0.25, -0.2) is 9.82 Å². The normalized spacial score (nSPS) is 19.7. The van der Waals surface area contributed by atoms with E-state index in [9.17, 15) is 23.9 Å². The molecule has 1 heterocycles. The standard InChI is InChI=1S/C24H32ClFN4O5/c1-14(2)8-9-17-21(31)22(32)18(11-28-29-13-30(24(17)34)15(3)12-35-4)23(33)27-10-16-6-5-7-19(25)20(16)26/h5-7,11,14-15,28-29,31H,8-10,12-13H2,1-4H3,(H,27,33)/b18-11+,21-17-/t15-/m1/s1. The van der Waals surface area contributed by atoms with E-state index in [0.717, 1.165) is 6.20 Å². The molecule has 0 fully saturated rings. The van der Waals surface area contributed by atoms with Crippen molar-refractivity contribution in [3.05, 3.63) is 57.7 Å². The van der Waals surface area contributed by atoms with E-state index in [1.54, 1.807) is 6.92 Å². The number of ether oxygens (including phenoxy) is 1. The van der Waals surface area contributed by atoms with Crippen LogP contribution in [0.3, 0.4) is 0 Å². The van der Waals surface area contributed by atoms with Gasteiger partial charge in [0.15, 0.2) is 5.76 Å². The molecule has 1 aliphatic rings. The molecule has 9 nitrogen and oxygen atoms in total. The summed E-state index contributed by atoms with van der Waals surface area (Å²) in [5, 5.41) is 13.2. The Morgan fingerprint density at radius 1 is 1.31 bits per heavy atom. The van der Waals surface area contributed by atoms with Crippen LogP contribution in [0.5, 0.6) is 0 Å². The lowest BCUT2D eigenvalue weighted by atomic mass is 9.97. The van der Waals surface area contributed by atoms with Gasteiger partial charge in [-0.1, -0.05) is 37.6 Å². The fraction of sp³-hybridized carbons (Fsp3) is 0.458. The van der Waals surface area contributed by atoms with Crippen molar-refractivity contribution in [3.63, 3.8) is 0 Å². The second-order valence-electron chi connectivity index (χ2n) is 8.60. The monoisotopic (exact) mass is 510 g/mol. The van der Waals surface area contributed by atoms with Crippen molar-refractivity contribution in [2.24, 2.45) is 5.92 Å². The maximum Gasteiger partial charge on any atom is 0.257 e. The molecule has 1 aromatic carbocycles. The quantitative estimate of drug-likeness (QED) is 0.377. The molecule has 0 bridgehead atoms. The van der Waals surface area contributed by atoms with E-state index in [1.165, 1.54) is 30.2 Å². The van der Waals surface area contributed by atoms with Crippen LogP contribution >= 0.6 is 11.6 Å². The van der Waals surface area contributed by atoms with Crippen molar-refractivity contribution in [2.75, 3.05) is 20.4 Å². The number of carbonyl (C=O) groups is 3. The van der Waals surface area contributed by atoms with E-state index in [1.807, 2.05) is 13.8 Å². The molecular weight excluding hydrogens is 479 g/mol. The summed E-state index contributed by atoms with van der Waals surface area (Å²) in [7, 11) is 1.51. The zero-order valence-electron chi connectivity index (χ0n) is 20.3. The van der Waals surface area contributed by atoms with E-state index < -0.39 is 34.7 Å². The van der Waals surface area contributed by atoms with Crippen LogP contribution in [0.2, 0.25) is 5.02 Å². The molecule has 0 radical (unpaired) electrons. The van der Waals surface area contributed by atoms with Gasteiger partial charge in [0.05, 0.1) is 29.9 Å². The highest BCUT2D eigenvalue weighted by atomic mass is 35.5. The highest BCUT2D eigenvalue weighted by Crippen LogP contribution is 2.22. The van der Waals surface area contributed by atoms with Crippen molar-refractivity contribution in [1.29, 1.82) is 0 Å². The number of allylic oxidation sites excluding steroid dienone is 1. The molecule has 35 heavy (non-hydrogen) atoms. The third-order valence-electron chi connectivity index (χ3n) is 5.46. The van der Waals surface area contributed by atoms with Gasteiger partial charge < -0.3 is 25.5 Å². The summed E-state index contributed by atoms with van der Waals surface area (Å²) >= 11 is 5.77. The average Bonchev–Trinajstić information content (AvgIpc) is 2.81. The number of aliphatic hydroxyl groups is 1. The molecule has 0 aliphatic carbocycles. The van der Waals surface area contributed by atoms with Crippen molar-refractivity contribution >= 4 is 29.2 Å². The maximum absolute atomic E-state index is 14.2. The Hall–Kier alpha value is -2.95. The first-order valence-electron chi connectivity index (χ1n) is 11.2. The number of benzene rings is 1. The van der Waals surface area contributed by atoms with Crippen LogP contribution in [0, 0.1) is 11.7 Å². The highest BCUT2D eigenvalue weighted by Gasteiger charge is 2.31. The van der Waals surface area contributed by atoms with E-state index in [0.29, 0.717) is 6.42 Å². The summed E-state index contributed by atoms with van der Waals surface area (Å²) in [6.07, 6.45) is 1.77. The van der Waals surface area contributed by atoms with Gasteiger partial charge in [0.2, 0.25) is 5.78 Å². The van der Waals surface area contributed by atoms with Crippen LogP contribution in [0.4, 0.5) is 4.39 Å². The summed E-state index contributed by atoms with van der Waals surface area (Å²) in [5.41, 5.74) is 4.98. The summed E-state index contributed by atoms with van der Waals surface area (Å²) in [6, 6.07) is 3.99. The number of amides is 2. The molecule has 1 atom stereocenters. The fourth-order valence-corrected chi connectivity index (χ4v) is 3.59. The smallest absolute Gasteiger partial charge is 0.257 e. The van der Waals surface area contributed by atoms with Gasteiger partial charge in [-0.2, -0.15) is 0 Å². The van der Waals surface area contributed by atoms with Gasteiger partial charge in [0.25, 0.3) is 11.8 Å². The lowest BCUT2D eigenvalue weighted by Crippen LogP contribution is -2.50. The molecule has 0 saturated heterocycles. The number of hydrazine groups is 1. The van der Waals surface area contributed by atoms with Gasteiger partial charge >= 0.3 is 0 Å². The third-order valence-corrected chi connectivity index (χ3v) is 5.75. The number of aliphatic hydroxyl groups excluding tert-OH is 1. The molecule has 2 amide bonds. The zero-order chi connectivity index (χ0) is 26.1. The molecule has 0 spiro atoms. The molecular formula is C24H32ClFN4O5. The van der Waals surface area contributed by atoms with E-state index in [4.69, 9.17) is 16.3 Å². The van der Waals surface area contributed by atoms with E-state index in [2.05, 4.69) is 16.2 Å². The summed E-state index contributed by atoms with van der Waals surface area (Å²) in [6.45, 7) is 5.69. The maximum atomic E-state index is 14.2. The van der Waals surface area contributed by atoms with Gasteiger partial charge in [0.1, 0.15) is 11.4 Å². The third kappa shape index (κ3) is 7.51. The van der Waals surface area contributed by atoms with Crippen LogP contribution < -0.4 is 16.2 Å². The summed E-state index contributed by atoms with van der Waals surface area (Å²) in [5.74, 6) is -3.73. The molecule has 4 N–H and O–H groups in total. The van der Waals surface area contributed by atoms with Gasteiger partial charge in [-0.15, -0.1) is 0 Å². The molecule has 1 aliphatic heterocycles. The van der Waals surface area contributed by atoms with Gasteiger partial charge in [-0.3, -0.25) is 14.4 Å². The van der Waals surface area contributed by atoms with Crippen molar-refractivity contribution < 1.29 is 28.6 Å². The van der Waals surface area contributed by atoms with Crippen LogP contribution in [0.15, 0.2) is 41.3 Å². The SMILES string of the molecule is COC[C@@H](C)N1CNN/C=C(/C(=O)NCc2cccc(Cl)c2F)C(=O)/C(O)=C(\CCC(C)C)C1=O. The number of rotatable bonds is 9. The number of nitrogens with zero attached hydrogens (tertiary/aromatic N) is 1. The minimum Gasteiger partial charge on any atom is -0.504 e. The van der Waals surface area contributed by atoms with Crippen LogP contribution in [0.1, 0.15) is 39.2 Å². The van der Waals surface area contributed by atoms with Crippen molar-refractivity contribution in [1.82, 2.24) is 21.1 Å². The predicted octanol–water partition coefficient (Wildman–Crippen LogP) is 2.73. The first kappa shape index (κ1) is 28.3. The Morgan fingerprint density at radius 2 is 2.03 bits per heavy atom. The Bertz CT molecular complexity index is 1010. The minimum absolute atomic E-state index is 0.00906. The molecule has 192 valence electrons.